The van der Waals surface area contributed by atoms with Crippen molar-refractivity contribution in [1.82, 2.24) is 4.98 Å². The Morgan fingerprint density at radius 2 is 1.94 bits per heavy atom. The Balaban J connectivity index is 1.94. The van der Waals surface area contributed by atoms with Crippen LogP contribution in [0.2, 0.25) is 0 Å². The Kier molecular flexibility index (Phi) is 3.38. The molecule has 0 aliphatic heterocycles. The Hall–Kier alpha value is -2.03. The van der Waals surface area contributed by atoms with E-state index in [0.29, 0.717) is 0 Å². The van der Waals surface area contributed by atoms with Gasteiger partial charge in [0.1, 0.15) is 5.75 Å². The van der Waals surface area contributed by atoms with Gasteiger partial charge in [0.15, 0.2) is 0 Å². The highest BCUT2D eigenvalue weighted by Crippen LogP contribution is 2.15. The van der Waals surface area contributed by atoms with Crippen LogP contribution >= 0.6 is 0 Å². The van der Waals surface area contributed by atoms with Crippen molar-refractivity contribution >= 4 is 5.69 Å². The fourth-order valence-electron chi connectivity index (χ4n) is 1.40. The van der Waals surface area contributed by atoms with Crippen molar-refractivity contribution in [2.75, 3.05) is 12.4 Å². The van der Waals surface area contributed by atoms with Gasteiger partial charge in [-0.15, -0.1) is 0 Å². The quantitative estimate of drug-likeness (QED) is 0.849. The van der Waals surface area contributed by atoms with Gasteiger partial charge < -0.3 is 10.1 Å². The monoisotopic (exact) mass is 214 g/mol. The maximum atomic E-state index is 5.09. The average molecular weight is 214 g/mol. The van der Waals surface area contributed by atoms with E-state index in [2.05, 4.69) is 10.3 Å². The summed E-state index contributed by atoms with van der Waals surface area (Å²) in [6.45, 7) is 0.729. The van der Waals surface area contributed by atoms with E-state index >= 15 is 0 Å². The van der Waals surface area contributed by atoms with Gasteiger partial charge in [0.05, 0.1) is 19.3 Å². The molecule has 1 heterocycles. The van der Waals surface area contributed by atoms with Gasteiger partial charge in [0, 0.05) is 11.9 Å². The van der Waals surface area contributed by atoms with Crippen molar-refractivity contribution in [3.8, 4) is 5.75 Å². The first-order chi connectivity index (χ1) is 7.88. The molecule has 1 N–H and O–H groups in total. The SMILES string of the molecule is COc1ccc(NCc2ccccn2)cc1. The lowest BCUT2D eigenvalue weighted by Gasteiger charge is -2.06. The number of nitrogens with one attached hydrogen (secondary N) is 1. The normalized spacial score (nSPS) is 9.81. The molecule has 0 saturated carbocycles. The van der Waals surface area contributed by atoms with Gasteiger partial charge in [0.2, 0.25) is 0 Å². The molecule has 0 bridgehead atoms. The van der Waals surface area contributed by atoms with Gasteiger partial charge in [-0.3, -0.25) is 4.98 Å². The molecule has 0 amide bonds. The van der Waals surface area contributed by atoms with Crippen molar-refractivity contribution in [2.24, 2.45) is 0 Å². The lowest BCUT2D eigenvalue weighted by atomic mass is 10.3. The van der Waals surface area contributed by atoms with Gasteiger partial charge in [0.25, 0.3) is 0 Å². The number of hydrogen-bond donors (Lipinski definition) is 1. The topological polar surface area (TPSA) is 34.1 Å². The van der Waals surface area contributed by atoms with Crippen LogP contribution < -0.4 is 10.1 Å². The predicted octanol–water partition coefficient (Wildman–Crippen LogP) is 2.70. The maximum Gasteiger partial charge on any atom is 0.119 e. The van der Waals surface area contributed by atoms with Gasteiger partial charge >= 0.3 is 0 Å². The zero-order valence-electron chi connectivity index (χ0n) is 9.18. The molecule has 1 aromatic heterocycles. The number of nitrogens with zero attached hydrogens (tertiary/aromatic N) is 1. The third-order valence-electron chi connectivity index (χ3n) is 2.29. The molecule has 0 aliphatic rings. The van der Waals surface area contributed by atoms with E-state index in [9.17, 15) is 0 Å². The predicted molar refractivity (Wildman–Crippen MR) is 64.6 cm³/mol. The van der Waals surface area contributed by atoms with Crippen LogP contribution in [0.4, 0.5) is 5.69 Å². The Bertz CT molecular complexity index is 425. The third kappa shape index (κ3) is 2.73. The smallest absolute Gasteiger partial charge is 0.119 e. The Morgan fingerprint density at radius 3 is 2.56 bits per heavy atom. The molecule has 0 atom stereocenters. The van der Waals surface area contributed by atoms with Crippen molar-refractivity contribution in [3.63, 3.8) is 0 Å². The van der Waals surface area contributed by atoms with E-state index in [4.69, 9.17) is 4.74 Å². The molecule has 2 aromatic rings. The van der Waals surface area contributed by atoms with Crippen molar-refractivity contribution < 1.29 is 4.74 Å². The summed E-state index contributed by atoms with van der Waals surface area (Å²) in [7, 11) is 1.66. The number of rotatable bonds is 4. The minimum atomic E-state index is 0.729. The first-order valence-corrected chi connectivity index (χ1v) is 5.16. The summed E-state index contributed by atoms with van der Waals surface area (Å²) >= 11 is 0. The van der Waals surface area contributed by atoms with E-state index in [1.165, 1.54) is 0 Å². The molecule has 0 aliphatic carbocycles. The largest absolute Gasteiger partial charge is 0.497 e. The summed E-state index contributed by atoms with van der Waals surface area (Å²) in [5.41, 5.74) is 2.09. The molecule has 0 radical (unpaired) electrons. The fourth-order valence-corrected chi connectivity index (χ4v) is 1.40. The van der Waals surface area contributed by atoms with Crippen LogP contribution in [0.5, 0.6) is 5.75 Å². The average Bonchev–Trinajstić information content (AvgIpc) is 2.38. The number of methoxy groups -OCH3 is 1. The van der Waals surface area contributed by atoms with Crippen molar-refractivity contribution in [3.05, 3.63) is 54.4 Å². The zero-order chi connectivity index (χ0) is 11.2. The molecule has 82 valence electrons. The van der Waals surface area contributed by atoms with Crippen LogP contribution in [0.25, 0.3) is 0 Å². The molecular formula is C13H14N2O. The van der Waals surface area contributed by atoms with Crippen LogP contribution in [0.15, 0.2) is 48.7 Å². The zero-order valence-corrected chi connectivity index (χ0v) is 9.18. The fraction of sp³-hybridized carbons (Fsp3) is 0.154. The summed E-state index contributed by atoms with van der Waals surface area (Å²) in [5.74, 6) is 0.864. The van der Waals surface area contributed by atoms with Crippen molar-refractivity contribution in [2.45, 2.75) is 6.54 Å². The van der Waals surface area contributed by atoms with E-state index in [0.717, 1.165) is 23.7 Å². The van der Waals surface area contributed by atoms with E-state index in [1.807, 2.05) is 42.5 Å². The van der Waals surface area contributed by atoms with E-state index < -0.39 is 0 Å². The van der Waals surface area contributed by atoms with Gasteiger partial charge in [-0.1, -0.05) is 6.07 Å². The van der Waals surface area contributed by atoms with Crippen LogP contribution in [0.3, 0.4) is 0 Å². The number of aromatic nitrogens is 1. The summed E-state index contributed by atoms with van der Waals surface area (Å²) in [4.78, 5) is 4.24. The summed E-state index contributed by atoms with van der Waals surface area (Å²) < 4.78 is 5.09. The number of anilines is 1. The Morgan fingerprint density at radius 1 is 1.12 bits per heavy atom. The van der Waals surface area contributed by atoms with Crippen LogP contribution in [-0.4, -0.2) is 12.1 Å². The Labute approximate surface area is 95.1 Å². The van der Waals surface area contributed by atoms with E-state index in [-0.39, 0.29) is 0 Å². The second-order valence-electron chi connectivity index (χ2n) is 3.40. The first kappa shape index (κ1) is 10.5. The number of benzene rings is 1. The van der Waals surface area contributed by atoms with Crippen LogP contribution in [-0.2, 0) is 6.54 Å². The van der Waals surface area contributed by atoms with E-state index in [1.54, 1.807) is 13.3 Å². The standard InChI is InChI=1S/C13H14N2O/c1-16-13-7-5-11(6-8-13)15-10-12-4-2-3-9-14-12/h2-9,15H,10H2,1H3. The molecule has 0 saturated heterocycles. The molecule has 0 fully saturated rings. The number of pyridine rings is 1. The molecule has 1 aromatic carbocycles. The van der Waals surface area contributed by atoms with Crippen molar-refractivity contribution in [1.29, 1.82) is 0 Å². The highest BCUT2D eigenvalue weighted by Gasteiger charge is 1.95. The molecule has 0 spiro atoms. The molecule has 3 nitrogen and oxygen atoms in total. The summed E-state index contributed by atoms with van der Waals surface area (Å²) in [5, 5.41) is 3.29. The second-order valence-corrected chi connectivity index (χ2v) is 3.40. The summed E-state index contributed by atoms with van der Waals surface area (Å²) in [6, 6.07) is 13.7. The van der Waals surface area contributed by atoms with Gasteiger partial charge in [-0.2, -0.15) is 0 Å². The minimum absolute atomic E-state index is 0.729. The van der Waals surface area contributed by atoms with Gasteiger partial charge in [-0.25, -0.2) is 0 Å². The lowest BCUT2D eigenvalue weighted by molar-refractivity contribution is 0.415. The number of hydrogen-bond acceptors (Lipinski definition) is 3. The summed E-state index contributed by atoms with van der Waals surface area (Å²) in [6.07, 6.45) is 1.80. The van der Waals surface area contributed by atoms with Gasteiger partial charge in [-0.05, 0) is 36.4 Å². The lowest BCUT2D eigenvalue weighted by Crippen LogP contribution is -2.00. The van der Waals surface area contributed by atoms with Crippen LogP contribution in [0.1, 0.15) is 5.69 Å². The number of ether oxygens (including phenoxy) is 1. The van der Waals surface area contributed by atoms with Crippen LogP contribution in [0, 0.1) is 0 Å². The first-order valence-electron chi connectivity index (χ1n) is 5.16. The molecular weight excluding hydrogens is 200 g/mol. The second kappa shape index (κ2) is 5.16. The molecule has 3 heteroatoms. The third-order valence-corrected chi connectivity index (χ3v) is 2.29. The highest BCUT2D eigenvalue weighted by atomic mass is 16.5. The maximum absolute atomic E-state index is 5.09. The molecule has 0 unspecified atom stereocenters. The highest BCUT2D eigenvalue weighted by molar-refractivity contribution is 5.46. The molecule has 16 heavy (non-hydrogen) atoms. The molecule has 2 rings (SSSR count). The minimum Gasteiger partial charge on any atom is -0.497 e.